The van der Waals surface area contributed by atoms with Crippen molar-refractivity contribution in [3.63, 3.8) is 0 Å². The second-order valence-electron chi connectivity index (χ2n) is 7.95. The second kappa shape index (κ2) is 10.4. The van der Waals surface area contributed by atoms with Crippen molar-refractivity contribution in [1.29, 1.82) is 0 Å². The van der Waals surface area contributed by atoms with Crippen LogP contribution >= 0.6 is 0 Å². The summed E-state index contributed by atoms with van der Waals surface area (Å²) in [7, 11) is 1.69. The highest BCUT2D eigenvalue weighted by molar-refractivity contribution is 6.04. The molecule has 4 rings (SSSR count). The lowest BCUT2D eigenvalue weighted by Gasteiger charge is -2.23. The summed E-state index contributed by atoms with van der Waals surface area (Å²) in [5.41, 5.74) is 1.55. The maximum absolute atomic E-state index is 13.4. The molecule has 1 aromatic heterocycles. The first-order valence-corrected chi connectivity index (χ1v) is 10.8. The van der Waals surface area contributed by atoms with E-state index in [0.717, 1.165) is 68.9 Å². The van der Waals surface area contributed by atoms with E-state index in [1.807, 2.05) is 24.3 Å². The van der Waals surface area contributed by atoms with Crippen LogP contribution in [0.4, 0.5) is 20.3 Å². The van der Waals surface area contributed by atoms with E-state index in [0.29, 0.717) is 5.69 Å². The number of hydrogen-bond donors (Lipinski definition) is 1. The topological polar surface area (TPSA) is 57.7 Å². The zero-order valence-electron chi connectivity index (χ0n) is 18.4. The fraction of sp³-hybridized carbons (Fsp3) is 0.280. The van der Waals surface area contributed by atoms with Crippen LogP contribution in [0.1, 0.15) is 22.3 Å². The Morgan fingerprint density at radius 2 is 1.82 bits per heavy atom. The van der Waals surface area contributed by atoms with Crippen LogP contribution in [-0.4, -0.2) is 49.1 Å². The summed E-state index contributed by atoms with van der Waals surface area (Å²) < 4.78 is 32.2. The number of pyridine rings is 1. The molecule has 8 heteroatoms. The number of nitrogens with one attached hydrogen (secondary N) is 1. The highest BCUT2D eigenvalue weighted by Gasteiger charge is 2.18. The molecule has 2 heterocycles. The Kier molecular flexibility index (Phi) is 7.14. The minimum atomic E-state index is -0.797. The Labute approximate surface area is 191 Å². The number of nitrogens with zero attached hydrogens (tertiary/aromatic N) is 3. The van der Waals surface area contributed by atoms with Crippen LogP contribution in [0.25, 0.3) is 0 Å². The summed E-state index contributed by atoms with van der Waals surface area (Å²) in [5, 5.41) is 2.63. The molecule has 6 nitrogen and oxygen atoms in total. The van der Waals surface area contributed by atoms with Crippen molar-refractivity contribution in [2.75, 3.05) is 43.5 Å². The smallest absolute Gasteiger partial charge is 0.255 e. The quantitative estimate of drug-likeness (QED) is 0.603. The van der Waals surface area contributed by atoms with Gasteiger partial charge in [-0.1, -0.05) is 18.2 Å². The van der Waals surface area contributed by atoms with Gasteiger partial charge in [0.25, 0.3) is 5.91 Å². The third-order valence-corrected chi connectivity index (χ3v) is 5.63. The van der Waals surface area contributed by atoms with Crippen molar-refractivity contribution in [3.05, 3.63) is 83.6 Å². The zero-order chi connectivity index (χ0) is 23.2. The number of anilines is 2. The van der Waals surface area contributed by atoms with Crippen LogP contribution < -0.4 is 15.0 Å². The average Bonchev–Trinajstić information content (AvgIpc) is 3.05. The molecule has 0 bridgehead atoms. The minimum Gasteiger partial charge on any atom is -0.496 e. The largest absolute Gasteiger partial charge is 0.496 e. The van der Waals surface area contributed by atoms with Crippen LogP contribution in [0.5, 0.6) is 5.75 Å². The van der Waals surface area contributed by atoms with Gasteiger partial charge in [-0.3, -0.25) is 9.69 Å². The average molecular weight is 453 g/mol. The van der Waals surface area contributed by atoms with Crippen molar-refractivity contribution in [2.45, 2.75) is 13.0 Å². The van der Waals surface area contributed by atoms with E-state index in [-0.39, 0.29) is 5.56 Å². The summed E-state index contributed by atoms with van der Waals surface area (Å²) >= 11 is 0. The molecule has 172 valence electrons. The zero-order valence-corrected chi connectivity index (χ0v) is 18.4. The van der Waals surface area contributed by atoms with E-state index in [4.69, 9.17) is 4.74 Å². The predicted octanol–water partition coefficient (Wildman–Crippen LogP) is 4.33. The number of halogens is 2. The number of benzene rings is 2. The molecule has 3 aromatic rings. The summed E-state index contributed by atoms with van der Waals surface area (Å²) in [6, 6.07) is 14.4. The Balaban J connectivity index is 1.35. The fourth-order valence-electron chi connectivity index (χ4n) is 3.97. The third kappa shape index (κ3) is 5.84. The first-order valence-electron chi connectivity index (χ1n) is 10.8. The van der Waals surface area contributed by atoms with Crippen molar-refractivity contribution in [1.82, 2.24) is 9.88 Å². The van der Waals surface area contributed by atoms with Crippen LogP contribution in [-0.2, 0) is 6.54 Å². The van der Waals surface area contributed by atoms with E-state index in [1.165, 1.54) is 5.56 Å². The van der Waals surface area contributed by atoms with Gasteiger partial charge >= 0.3 is 0 Å². The third-order valence-electron chi connectivity index (χ3n) is 5.63. The maximum atomic E-state index is 13.4. The number of hydrogen-bond acceptors (Lipinski definition) is 5. The van der Waals surface area contributed by atoms with Gasteiger partial charge in [-0.2, -0.15) is 0 Å². The molecule has 0 unspecified atom stereocenters. The van der Waals surface area contributed by atoms with E-state index in [1.54, 1.807) is 19.4 Å². The second-order valence-corrected chi connectivity index (χ2v) is 7.95. The molecule has 33 heavy (non-hydrogen) atoms. The van der Waals surface area contributed by atoms with Crippen LogP contribution in [0.3, 0.4) is 0 Å². The molecule has 1 fully saturated rings. The molecular formula is C25H26F2N4O2. The summed E-state index contributed by atoms with van der Waals surface area (Å²) in [6.45, 7) is 4.41. The monoisotopic (exact) mass is 452 g/mol. The lowest BCUT2D eigenvalue weighted by atomic mass is 10.2. The van der Waals surface area contributed by atoms with Crippen molar-refractivity contribution in [2.24, 2.45) is 0 Å². The van der Waals surface area contributed by atoms with Gasteiger partial charge in [0.1, 0.15) is 23.2 Å². The summed E-state index contributed by atoms with van der Waals surface area (Å²) in [6.07, 6.45) is 2.56. The number of carbonyl (C=O) groups is 1. The van der Waals surface area contributed by atoms with E-state index >= 15 is 0 Å². The van der Waals surface area contributed by atoms with Gasteiger partial charge in [-0.05, 0) is 36.8 Å². The Morgan fingerprint density at radius 1 is 1.03 bits per heavy atom. The number of ether oxygens (including phenoxy) is 1. The van der Waals surface area contributed by atoms with Crippen LogP contribution in [0.15, 0.2) is 60.8 Å². The Bertz CT molecular complexity index is 1090. The van der Waals surface area contributed by atoms with E-state index < -0.39 is 17.5 Å². The van der Waals surface area contributed by atoms with Crippen molar-refractivity contribution < 1.29 is 18.3 Å². The molecule has 0 atom stereocenters. The minimum absolute atomic E-state index is 0.0840. The van der Waals surface area contributed by atoms with Gasteiger partial charge in [0, 0.05) is 49.9 Å². The Hall–Kier alpha value is -3.52. The molecule has 1 amide bonds. The Morgan fingerprint density at radius 3 is 2.55 bits per heavy atom. The fourth-order valence-corrected chi connectivity index (χ4v) is 3.97. The van der Waals surface area contributed by atoms with Gasteiger partial charge in [-0.15, -0.1) is 0 Å². The number of amides is 1. The van der Waals surface area contributed by atoms with Gasteiger partial charge in [0.2, 0.25) is 0 Å². The first kappa shape index (κ1) is 22.7. The molecule has 1 aliphatic rings. The van der Waals surface area contributed by atoms with Gasteiger partial charge in [0.15, 0.2) is 0 Å². The highest BCUT2D eigenvalue weighted by atomic mass is 19.1. The van der Waals surface area contributed by atoms with Crippen molar-refractivity contribution in [3.8, 4) is 5.75 Å². The normalized spacial score (nSPS) is 14.6. The molecule has 1 aliphatic heterocycles. The SMILES string of the molecule is COc1ccccc1CN1CCCN(c2ccc(NC(=O)c3cc(F)cc(F)c3)cn2)CC1. The van der Waals surface area contributed by atoms with Crippen LogP contribution in [0.2, 0.25) is 0 Å². The standard InChI is InChI=1S/C25H26F2N4O2/c1-33-23-6-3-2-5-18(23)17-30-9-4-10-31(12-11-30)24-8-7-22(16-28-24)29-25(32)19-13-20(26)15-21(27)14-19/h2-3,5-8,13-16H,4,9-12,17H2,1H3,(H,29,32). The molecular weight excluding hydrogens is 426 g/mol. The lowest BCUT2D eigenvalue weighted by Crippen LogP contribution is -2.31. The highest BCUT2D eigenvalue weighted by Crippen LogP contribution is 2.22. The first-order chi connectivity index (χ1) is 16.0. The number of methoxy groups -OCH3 is 1. The molecule has 0 saturated carbocycles. The number of rotatable bonds is 6. The summed E-state index contributed by atoms with van der Waals surface area (Å²) in [5.74, 6) is -0.461. The number of para-hydroxylation sites is 1. The van der Waals surface area contributed by atoms with Gasteiger partial charge in [0.05, 0.1) is 19.0 Å². The van der Waals surface area contributed by atoms with Gasteiger partial charge in [-0.25, -0.2) is 13.8 Å². The predicted molar refractivity (Wildman–Crippen MR) is 124 cm³/mol. The van der Waals surface area contributed by atoms with E-state index in [9.17, 15) is 13.6 Å². The molecule has 1 N–H and O–H groups in total. The molecule has 0 radical (unpaired) electrons. The van der Waals surface area contributed by atoms with Crippen molar-refractivity contribution >= 4 is 17.4 Å². The van der Waals surface area contributed by atoms with Crippen LogP contribution in [0, 0.1) is 11.6 Å². The molecule has 0 spiro atoms. The lowest BCUT2D eigenvalue weighted by molar-refractivity contribution is 0.102. The van der Waals surface area contributed by atoms with Gasteiger partial charge < -0.3 is 15.0 Å². The molecule has 0 aliphatic carbocycles. The van der Waals surface area contributed by atoms with E-state index in [2.05, 4.69) is 26.2 Å². The molecule has 2 aromatic carbocycles. The summed E-state index contributed by atoms with van der Waals surface area (Å²) in [4.78, 5) is 21.4. The number of aromatic nitrogens is 1. The molecule has 1 saturated heterocycles. The maximum Gasteiger partial charge on any atom is 0.255 e. The number of carbonyl (C=O) groups excluding carboxylic acids is 1.